The number of unbranched alkanes of at least 4 members (excludes halogenated alkanes) is 1. The van der Waals surface area contributed by atoms with E-state index in [1.807, 2.05) is 18.2 Å². The van der Waals surface area contributed by atoms with Crippen LogP contribution in [0.15, 0.2) is 70.5 Å². The predicted octanol–water partition coefficient (Wildman–Crippen LogP) is 6.32. The molecule has 0 radical (unpaired) electrons. The highest BCUT2D eigenvalue weighted by Crippen LogP contribution is 2.42. The molecule has 0 bridgehead atoms. The quantitative estimate of drug-likeness (QED) is 0.430. The largest absolute Gasteiger partial charge is 0.352 e. The fourth-order valence-corrected chi connectivity index (χ4v) is 4.82. The molecule has 0 saturated carbocycles. The minimum Gasteiger partial charge on any atom is -0.352 e. The zero-order valence-electron chi connectivity index (χ0n) is 17.5. The molecule has 4 rings (SSSR count). The molecule has 3 aromatic carbocycles. The number of benzene rings is 3. The molecule has 1 N–H and O–H groups in total. The van der Waals surface area contributed by atoms with Gasteiger partial charge in [-0.05, 0) is 48.9 Å². The molecule has 0 fully saturated rings. The first-order valence-corrected chi connectivity index (χ1v) is 11.6. The fourth-order valence-electron chi connectivity index (χ4n) is 3.54. The second kappa shape index (κ2) is 9.76. The molecular weight excluding hydrogens is 447 g/mol. The Kier molecular flexibility index (Phi) is 6.82. The second-order valence-electron chi connectivity index (χ2n) is 7.48. The normalized spacial score (nSPS) is 12.7. The summed E-state index contributed by atoms with van der Waals surface area (Å²) in [5.74, 6) is -0.954. The van der Waals surface area contributed by atoms with Crippen molar-refractivity contribution in [3.63, 3.8) is 0 Å². The highest BCUT2D eigenvalue weighted by atomic mass is 35.5. The molecular formula is C25H22ClFN2O2S. The van der Waals surface area contributed by atoms with Crippen molar-refractivity contribution in [3.8, 4) is 0 Å². The van der Waals surface area contributed by atoms with Crippen LogP contribution in [-0.4, -0.2) is 18.4 Å². The van der Waals surface area contributed by atoms with E-state index in [2.05, 4.69) is 12.2 Å². The number of halogens is 2. The SMILES string of the molecule is CCCCNC(=O)c1ccc2c(c1)N(Cc1c(F)cccc1Cl)C(=O)c1ccccc1S2. The van der Waals surface area contributed by atoms with Gasteiger partial charge in [-0.3, -0.25) is 9.59 Å². The highest BCUT2D eigenvalue weighted by Gasteiger charge is 2.29. The topological polar surface area (TPSA) is 49.4 Å². The number of anilines is 1. The molecule has 0 saturated heterocycles. The van der Waals surface area contributed by atoms with Crippen LogP contribution in [0.25, 0.3) is 0 Å². The number of nitrogens with one attached hydrogen (secondary N) is 1. The van der Waals surface area contributed by atoms with Crippen molar-refractivity contribution < 1.29 is 14.0 Å². The van der Waals surface area contributed by atoms with Crippen molar-refractivity contribution >= 4 is 40.9 Å². The molecule has 2 amide bonds. The van der Waals surface area contributed by atoms with Crippen LogP contribution >= 0.6 is 23.4 Å². The molecule has 0 aliphatic carbocycles. The summed E-state index contributed by atoms with van der Waals surface area (Å²) in [7, 11) is 0. The molecule has 32 heavy (non-hydrogen) atoms. The van der Waals surface area contributed by atoms with E-state index in [-0.39, 0.29) is 28.9 Å². The minimum absolute atomic E-state index is 0.0485. The smallest absolute Gasteiger partial charge is 0.259 e. The molecule has 0 unspecified atom stereocenters. The summed E-state index contributed by atoms with van der Waals surface area (Å²) in [5.41, 5.74) is 1.76. The van der Waals surface area contributed by atoms with Crippen LogP contribution < -0.4 is 10.2 Å². The van der Waals surface area contributed by atoms with Gasteiger partial charge in [0.05, 0.1) is 17.8 Å². The van der Waals surface area contributed by atoms with Crippen LogP contribution in [-0.2, 0) is 6.54 Å². The van der Waals surface area contributed by atoms with E-state index in [0.29, 0.717) is 23.4 Å². The third-order valence-electron chi connectivity index (χ3n) is 5.29. The third kappa shape index (κ3) is 4.52. The van der Waals surface area contributed by atoms with Gasteiger partial charge in [0.2, 0.25) is 0 Å². The molecule has 1 aliphatic heterocycles. The second-order valence-corrected chi connectivity index (χ2v) is 8.97. The van der Waals surface area contributed by atoms with Gasteiger partial charge in [-0.25, -0.2) is 4.39 Å². The van der Waals surface area contributed by atoms with Gasteiger partial charge in [-0.1, -0.05) is 54.9 Å². The Balaban J connectivity index is 1.79. The summed E-state index contributed by atoms with van der Waals surface area (Å²) in [6.45, 7) is 2.59. The van der Waals surface area contributed by atoms with Crippen molar-refractivity contribution in [2.45, 2.75) is 36.1 Å². The van der Waals surface area contributed by atoms with Gasteiger partial charge in [-0.2, -0.15) is 0 Å². The maximum atomic E-state index is 14.6. The van der Waals surface area contributed by atoms with Crippen molar-refractivity contribution in [1.29, 1.82) is 0 Å². The number of fused-ring (bicyclic) bond motifs is 2. The monoisotopic (exact) mass is 468 g/mol. The van der Waals surface area contributed by atoms with E-state index in [1.54, 1.807) is 30.3 Å². The van der Waals surface area contributed by atoms with Crippen molar-refractivity contribution in [2.75, 3.05) is 11.4 Å². The van der Waals surface area contributed by atoms with Gasteiger partial charge in [0, 0.05) is 32.5 Å². The fraction of sp³-hybridized carbons (Fsp3) is 0.200. The predicted molar refractivity (Wildman–Crippen MR) is 126 cm³/mol. The lowest BCUT2D eigenvalue weighted by Crippen LogP contribution is -2.31. The molecule has 3 aromatic rings. The van der Waals surface area contributed by atoms with Crippen LogP contribution in [0.4, 0.5) is 10.1 Å². The first-order valence-electron chi connectivity index (χ1n) is 10.4. The summed E-state index contributed by atoms with van der Waals surface area (Å²) in [4.78, 5) is 29.3. The van der Waals surface area contributed by atoms with Crippen LogP contribution in [0.1, 0.15) is 46.0 Å². The van der Waals surface area contributed by atoms with Gasteiger partial charge >= 0.3 is 0 Å². The van der Waals surface area contributed by atoms with Crippen molar-refractivity contribution in [2.24, 2.45) is 0 Å². The molecule has 0 aromatic heterocycles. The summed E-state index contributed by atoms with van der Waals surface area (Å²) in [6, 6.07) is 17.0. The lowest BCUT2D eigenvalue weighted by atomic mass is 10.1. The molecule has 164 valence electrons. The standard InChI is InChI=1S/C25H22ClFN2O2S/c1-2-3-13-28-24(30)16-11-12-23-21(14-16)29(15-18-19(26)8-6-9-20(18)27)25(31)17-7-4-5-10-22(17)32-23/h4-12,14H,2-3,13,15H2,1H3,(H,28,30). The molecule has 0 atom stereocenters. The lowest BCUT2D eigenvalue weighted by molar-refractivity contribution is 0.0949. The van der Waals surface area contributed by atoms with Gasteiger partial charge in [0.15, 0.2) is 0 Å². The van der Waals surface area contributed by atoms with Crippen molar-refractivity contribution in [3.05, 3.63) is 88.2 Å². The van der Waals surface area contributed by atoms with E-state index < -0.39 is 5.82 Å². The Bertz CT molecular complexity index is 1160. The van der Waals surface area contributed by atoms with Gasteiger partial charge in [0.1, 0.15) is 5.82 Å². The lowest BCUT2D eigenvalue weighted by Gasteiger charge is -2.24. The van der Waals surface area contributed by atoms with Gasteiger partial charge in [-0.15, -0.1) is 0 Å². The third-order valence-corrected chi connectivity index (χ3v) is 6.78. The molecule has 7 heteroatoms. The molecule has 1 aliphatic rings. The summed E-state index contributed by atoms with van der Waals surface area (Å²) < 4.78 is 14.6. The first-order chi connectivity index (χ1) is 15.5. The van der Waals surface area contributed by atoms with Crippen LogP contribution in [0.3, 0.4) is 0 Å². The van der Waals surface area contributed by atoms with Crippen LogP contribution in [0.2, 0.25) is 5.02 Å². The van der Waals surface area contributed by atoms with Crippen LogP contribution in [0, 0.1) is 5.82 Å². The van der Waals surface area contributed by atoms with Gasteiger partial charge in [0.25, 0.3) is 11.8 Å². The summed E-state index contributed by atoms with van der Waals surface area (Å²) in [5, 5.41) is 3.15. The number of hydrogen-bond donors (Lipinski definition) is 1. The Morgan fingerprint density at radius 3 is 2.69 bits per heavy atom. The summed E-state index contributed by atoms with van der Waals surface area (Å²) >= 11 is 7.72. The number of hydrogen-bond acceptors (Lipinski definition) is 3. The zero-order valence-corrected chi connectivity index (χ0v) is 19.1. The first kappa shape index (κ1) is 22.4. The number of nitrogens with zero attached hydrogens (tertiary/aromatic N) is 1. The Morgan fingerprint density at radius 2 is 1.91 bits per heavy atom. The van der Waals surface area contributed by atoms with E-state index in [0.717, 1.165) is 22.6 Å². The van der Waals surface area contributed by atoms with E-state index in [4.69, 9.17) is 11.6 Å². The van der Waals surface area contributed by atoms with Crippen molar-refractivity contribution in [1.82, 2.24) is 5.32 Å². The molecule has 1 heterocycles. The molecule has 4 nitrogen and oxygen atoms in total. The number of carbonyl (C=O) groups excluding carboxylic acids is 2. The number of amides is 2. The summed E-state index contributed by atoms with van der Waals surface area (Å²) in [6.07, 6.45) is 1.86. The number of carbonyl (C=O) groups is 2. The Morgan fingerprint density at radius 1 is 1.09 bits per heavy atom. The maximum Gasteiger partial charge on any atom is 0.259 e. The van der Waals surface area contributed by atoms with E-state index >= 15 is 0 Å². The molecule has 0 spiro atoms. The van der Waals surface area contributed by atoms with Crippen LogP contribution in [0.5, 0.6) is 0 Å². The Hall–Kier alpha value is -2.83. The van der Waals surface area contributed by atoms with E-state index in [9.17, 15) is 14.0 Å². The van der Waals surface area contributed by atoms with E-state index in [1.165, 1.54) is 28.8 Å². The zero-order chi connectivity index (χ0) is 22.7. The number of rotatable bonds is 6. The average molecular weight is 469 g/mol. The highest BCUT2D eigenvalue weighted by molar-refractivity contribution is 7.99. The average Bonchev–Trinajstić information content (AvgIpc) is 2.90. The van der Waals surface area contributed by atoms with Gasteiger partial charge < -0.3 is 10.2 Å². The minimum atomic E-state index is -0.481. The maximum absolute atomic E-state index is 14.6. The Labute approximate surface area is 195 Å².